The molecule has 146 valence electrons. The first-order chi connectivity index (χ1) is 12.0. The Hall–Kier alpha value is -1.14. The van der Waals surface area contributed by atoms with Crippen LogP contribution < -0.4 is 10.6 Å². The average molecular weight is 356 g/mol. The van der Waals surface area contributed by atoms with Crippen molar-refractivity contribution < 1.29 is 14.3 Å². The summed E-state index contributed by atoms with van der Waals surface area (Å²) in [6, 6.07) is 0.697. The smallest absolute Gasteiger partial charge is 0.222 e. The Morgan fingerprint density at radius 1 is 1.00 bits per heavy atom. The number of hydrogen-bond acceptors (Lipinski definition) is 4. The van der Waals surface area contributed by atoms with Gasteiger partial charge >= 0.3 is 0 Å². The Morgan fingerprint density at radius 3 is 2.28 bits per heavy atom. The van der Waals surface area contributed by atoms with E-state index in [1.165, 1.54) is 0 Å². The topological polar surface area (TPSA) is 70.7 Å². The minimum Gasteiger partial charge on any atom is -0.378 e. The fourth-order valence-electron chi connectivity index (χ4n) is 2.89. The van der Waals surface area contributed by atoms with Gasteiger partial charge in [0.05, 0.1) is 13.2 Å². The predicted molar refractivity (Wildman–Crippen MR) is 100 cm³/mol. The van der Waals surface area contributed by atoms with Crippen LogP contribution in [0.3, 0.4) is 0 Å². The molecule has 25 heavy (non-hydrogen) atoms. The largest absolute Gasteiger partial charge is 0.378 e. The van der Waals surface area contributed by atoms with Crippen LogP contribution in [0.4, 0.5) is 0 Å². The molecule has 1 heterocycles. The van der Waals surface area contributed by atoms with Gasteiger partial charge < -0.3 is 20.3 Å². The van der Waals surface area contributed by atoms with Crippen molar-refractivity contribution in [2.75, 3.05) is 32.8 Å². The first-order valence-corrected chi connectivity index (χ1v) is 9.87. The van der Waals surface area contributed by atoms with Crippen molar-refractivity contribution in [2.45, 2.75) is 77.8 Å². The fraction of sp³-hybridized carbons (Fsp3) is 0.895. The lowest BCUT2D eigenvalue weighted by atomic mass is 10.1. The molecule has 6 nitrogen and oxygen atoms in total. The Labute approximate surface area is 153 Å². The first-order valence-electron chi connectivity index (χ1n) is 9.87. The molecule has 0 spiro atoms. The van der Waals surface area contributed by atoms with Crippen molar-refractivity contribution in [3.05, 3.63) is 0 Å². The van der Waals surface area contributed by atoms with Crippen LogP contribution >= 0.6 is 0 Å². The number of nitrogens with zero attached hydrogens (tertiary/aromatic N) is 1. The second-order valence-electron chi connectivity index (χ2n) is 7.27. The molecule has 0 aromatic carbocycles. The van der Waals surface area contributed by atoms with Gasteiger partial charge in [0, 0.05) is 38.0 Å². The lowest BCUT2D eigenvalue weighted by Gasteiger charge is -2.26. The van der Waals surface area contributed by atoms with Crippen molar-refractivity contribution in [1.82, 2.24) is 15.5 Å². The maximum Gasteiger partial charge on any atom is 0.222 e. The first kappa shape index (κ1) is 21.9. The number of morpholine rings is 1. The van der Waals surface area contributed by atoms with Crippen LogP contribution in [-0.2, 0) is 14.3 Å². The van der Waals surface area contributed by atoms with E-state index in [2.05, 4.69) is 31.4 Å². The number of nitrogens with one attached hydrogen (secondary N) is 2. The van der Waals surface area contributed by atoms with E-state index in [-0.39, 0.29) is 17.9 Å². The van der Waals surface area contributed by atoms with Crippen LogP contribution in [0.2, 0.25) is 0 Å². The molecular formula is C19H37N3O3. The SMILES string of the molecule is CC(C)NCCC(C)NC(=O)CCCCCCC(=O)N1CCOCC1. The summed E-state index contributed by atoms with van der Waals surface area (Å²) in [4.78, 5) is 25.8. The Morgan fingerprint density at radius 2 is 1.64 bits per heavy atom. The van der Waals surface area contributed by atoms with Gasteiger partial charge in [0.15, 0.2) is 0 Å². The second-order valence-corrected chi connectivity index (χ2v) is 7.27. The van der Waals surface area contributed by atoms with Crippen molar-refractivity contribution >= 4 is 11.8 Å². The highest BCUT2D eigenvalue weighted by Crippen LogP contribution is 2.08. The molecule has 1 aliphatic rings. The second kappa shape index (κ2) is 13.1. The Bertz CT molecular complexity index is 382. The molecule has 0 aliphatic carbocycles. The van der Waals surface area contributed by atoms with E-state index in [1.54, 1.807) is 0 Å². The monoisotopic (exact) mass is 355 g/mol. The molecule has 0 saturated carbocycles. The van der Waals surface area contributed by atoms with Gasteiger partial charge in [-0.3, -0.25) is 9.59 Å². The summed E-state index contributed by atoms with van der Waals surface area (Å²) >= 11 is 0. The zero-order chi connectivity index (χ0) is 18.5. The number of unbranched alkanes of at least 4 members (excludes halogenated alkanes) is 3. The standard InChI is InChI=1S/C19H37N3O3/c1-16(2)20-11-10-17(3)21-18(23)8-6-4-5-7-9-19(24)22-12-14-25-15-13-22/h16-17,20H,4-15H2,1-3H3,(H,21,23). The lowest BCUT2D eigenvalue weighted by molar-refractivity contribution is -0.135. The van der Waals surface area contributed by atoms with Crippen molar-refractivity contribution in [2.24, 2.45) is 0 Å². The summed E-state index contributed by atoms with van der Waals surface area (Å²) in [5, 5.41) is 6.41. The summed E-state index contributed by atoms with van der Waals surface area (Å²) in [6.45, 7) is 10.00. The van der Waals surface area contributed by atoms with Gasteiger partial charge in [-0.05, 0) is 32.7 Å². The van der Waals surface area contributed by atoms with E-state index < -0.39 is 0 Å². The maximum absolute atomic E-state index is 12.0. The number of ether oxygens (including phenoxy) is 1. The molecule has 1 atom stereocenters. The normalized spacial score (nSPS) is 16.1. The third-order valence-electron chi connectivity index (χ3n) is 4.45. The third-order valence-corrected chi connectivity index (χ3v) is 4.45. The van der Waals surface area contributed by atoms with Crippen LogP contribution in [0.5, 0.6) is 0 Å². The minimum atomic E-state index is 0.140. The van der Waals surface area contributed by atoms with E-state index in [4.69, 9.17) is 4.74 Å². The number of rotatable bonds is 12. The average Bonchev–Trinajstić information content (AvgIpc) is 2.58. The van der Waals surface area contributed by atoms with Gasteiger partial charge in [-0.2, -0.15) is 0 Å². The van der Waals surface area contributed by atoms with Gasteiger partial charge in [-0.15, -0.1) is 0 Å². The molecule has 1 rings (SSSR count). The molecule has 0 bridgehead atoms. The molecular weight excluding hydrogens is 318 g/mol. The molecule has 6 heteroatoms. The molecule has 1 unspecified atom stereocenters. The highest BCUT2D eigenvalue weighted by molar-refractivity contribution is 5.76. The fourth-order valence-corrected chi connectivity index (χ4v) is 2.89. The van der Waals surface area contributed by atoms with Gasteiger partial charge in [0.2, 0.25) is 11.8 Å². The molecule has 0 radical (unpaired) electrons. The van der Waals surface area contributed by atoms with E-state index in [0.29, 0.717) is 32.1 Å². The lowest BCUT2D eigenvalue weighted by Crippen LogP contribution is -2.40. The molecule has 2 N–H and O–H groups in total. The Kier molecular flexibility index (Phi) is 11.5. The van der Waals surface area contributed by atoms with E-state index in [1.807, 2.05) is 4.90 Å². The van der Waals surface area contributed by atoms with Gasteiger partial charge in [0.25, 0.3) is 0 Å². The number of carbonyl (C=O) groups excluding carboxylic acids is 2. The van der Waals surface area contributed by atoms with Crippen LogP contribution in [-0.4, -0.2) is 61.6 Å². The van der Waals surface area contributed by atoms with Crippen molar-refractivity contribution in [3.63, 3.8) is 0 Å². The van der Waals surface area contributed by atoms with Gasteiger partial charge in [-0.1, -0.05) is 26.7 Å². The molecule has 1 aliphatic heterocycles. The summed E-state index contributed by atoms with van der Waals surface area (Å²) in [7, 11) is 0. The van der Waals surface area contributed by atoms with Crippen molar-refractivity contribution in [1.29, 1.82) is 0 Å². The maximum atomic E-state index is 12.0. The van der Waals surface area contributed by atoms with Gasteiger partial charge in [-0.25, -0.2) is 0 Å². The van der Waals surface area contributed by atoms with Crippen LogP contribution in [0.15, 0.2) is 0 Å². The van der Waals surface area contributed by atoms with E-state index in [9.17, 15) is 9.59 Å². The highest BCUT2D eigenvalue weighted by atomic mass is 16.5. The van der Waals surface area contributed by atoms with Crippen molar-refractivity contribution in [3.8, 4) is 0 Å². The van der Waals surface area contributed by atoms with E-state index >= 15 is 0 Å². The van der Waals surface area contributed by atoms with Crippen LogP contribution in [0.1, 0.15) is 65.7 Å². The minimum absolute atomic E-state index is 0.140. The van der Waals surface area contributed by atoms with Gasteiger partial charge in [0.1, 0.15) is 0 Å². The van der Waals surface area contributed by atoms with E-state index in [0.717, 1.165) is 51.7 Å². The highest BCUT2D eigenvalue weighted by Gasteiger charge is 2.15. The Balaban J connectivity index is 1.96. The number of hydrogen-bond donors (Lipinski definition) is 2. The zero-order valence-electron chi connectivity index (χ0n) is 16.3. The number of carbonyl (C=O) groups is 2. The molecule has 1 saturated heterocycles. The van der Waals surface area contributed by atoms with Crippen LogP contribution in [0, 0.1) is 0 Å². The van der Waals surface area contributed by atoms with Crippen LogP contribution in [0.25, 0.3) is 0 Å². The summed E-state index contributed by atoms with van der Waals surface area (Å²) in [6.07, 6.45) is 5.98. The summed E-state index contributed by atoms with van der Waals surface area (Å²) < 4.78 is 5.25. The molecule has 0 aromatic rings. The quantitative estimate of drug-likeness (QED) is 0.526. The summed E-state index contributed by atoms with van der Waals surface area (Å²) in [5.41, 5.74) is 0. The predicted octanol–water partition coefficient (Wildman–Crippen LogP) is 2.08. The molecule has 0 aromatic heterocycles. The number of amides is 2. The third kappa shape index (κ3) is 11.2. The molecule has 2 amide bonds. The summed E-state index contributed by atoms with van der Waals surface area (Å²) in [5.74, 6) is 0.381. The molecule has 1 fully saturated rings. The zero-order valence-corrected chi connectivity index (χ0v) is 16.3.